The maximum Gasteiger partial charge on any atom is 0.306 e. The summed E-state index contributed by atoms with van der Waals surface area (Å²) in [7, 11) is 1.30. The van der Waals surface area contributed by atoms with Gasteiger partial charge in [0.05, 0.1) is 34.4 Å². The lowest BCUT2D eigenvalue weighted by molar-refractivity contribution is -0.870. The lowest BCUT2D eigenvalue weighted by Gasteiger charge is -2.28. The molecule has 0 heterocycles. The van der Waals surface area contributed by atoms with Gasteiger partial charge in [-0.25, -0.2) is 0 Å². The summed E-state index contributed by atoms with van der Waals surface area (Å²) in [5.41, 5.74) is 0. The second kappa shape index (κ2) is 47.6. The molecule has 2 unspecified atom stereocenters. The Labute approximate surface area is 400 Å². The predicted octanol–water partition coefficient (Wildman–Crippen LogP) is 15.3. The van der Waals surface area contributed by atoms with Gasteiger partial charge in [0.2, 0.25) is 0 Å². The van der Waals surface area contributed by atoms with Gasteiger partial charge in [-0.1, -0.05) is 194 Å². The van der Waals surface area contributed by atoms with E-state index in [1.165, 1.54) is 77.0 Å². The maximum absolute atomic E-state index is 12.7. The van der Waals surface area contributed by atoms with Crippen molar-refractivity contribution in [2.45, 2.75) is 187 Å². The smallest absolute Gasteiger partial charge is 0.306 e. The number of hydrogen-bond acceptors (Lipinski definition) is 7. The van der Waals surface area contributed by atoms with Gasteiger partial charge in [-0.05, 0) is 89.9 Å². The van der Waals surface area contributed by atoms with Crippen molar-refractivity contribution in [2.24, 2.45) is 0 Å². The summed E-state index contributed by atoms with van der Waals surface area (Å²) in [6.07, 6.45) is 67.0. The second-order valence-electron chi connectivity index (χ2n) is 17.8. The summed E-state index contributed by atoms with van der Waals surface area (Å²) in [5.74, 6) is -0.394. The van der Waals surface area contributed by atoms with E-state index < -0.39 is 19.9 Å². The SMILES string of the molecule is CC/C=C\C/C=C\C/C=C\C/C=C\C/C=C\CCCC(=O)OC(COCCCCCCCCCCCCCCC/C=C\C/C=C\C/C=C\C/C=C\CC)COP(=O)([O-])OCC[N+](C)(C)C. The molecule has 9 heteroatoms. The average Bonchev–Trinajstić information content (AvgIpc) is 3.27. The Bertz CT molecular complexity index is 1400. The largest absolute Gasteiger partial charge is 0.756 e. The van der Waals surface area contributed by atoms with E-state index in [9.17, 15) is 14.3 Å². The maximum atomic E-state index is 12.7. The highest BCUT2D eigenvalue weighted by molar-refractivity contribution is 7.45. The van der Waals surface area contributed by atoms with Crippen molar-refractivity contribution in [3.63, 3.8) is 0 Å². The molecule has 0 fully saturated rings. The molecular weight excluding hydrogens is 830 g/mol. The Morgan fingerprint density at radius 3 is 1.26 bits per heavy atom. The highest BCUT2D eigenvalue weighted by Gasteiger charge is 2.20. The molecule has 0 amide bonds. The minimum atomic E-state index is -4.55. The Morgan fingerprint density at radius 2 is 0.846 bits per heavy atom. The minimum absolute atomic E-state index is 0.00957. The number of hydrogen-bond donors (Lipinski definition) is 0. The first kappa shape index (κ1) is 62.2. The molecule has 0 spiro atoms. The van der Waals surface area contributed by atoms with Crippen LogP contribution in [0, 0.1) is 0 Å². The third-order valence-corrected chi connectivity index (χ3v) is 11.3. The van der Waals surface area contributed by atoms with Crippen LogP contribution in [0.1, 0.15) is 181 Å². The summed E-state index contributed by atoms with van der Waals surface area (Å²) in [5, 5.41) is 0. The van der Waals surface area contributed by atoms with Crippen molar-refractivity contribution < 1.29 is 37.3 Å². The Hall–Kier alpha value is -2.84. The molecule has 0 bridgehead atoms. The van der Waals surface area contributed by atoms with Crippen molar-refractivity contribution >= 4 is 13.8 Å². The van der Waals surface area contributed by atoms with Crippen LogP contribution in [-0.4, -0.2) is 70.7 Å². The number of allylic oxidation sites excluding steroid dienone is 18. The quantitative estimate of drug-likeness (QED) is 0.0197. The monoisotopic (exact) mass is 926 g/mol. The number of ether oxygens (including phenoxy) is 2. The van der Waals surface area contributed by atoms with Crippen LogP contribution in [0.25, 0.3) is 0 Å². The number of rotatable bonds is 46. The van der Waals surface area contributed by atoms with Crippen molar-refractivity contribution in [1.29, 1.82) is 0 Å². The molecular formula is C56H96NO7P. The zero-order valence-electron chi connectivity index (χ0n) is 42.1. The lowest BCUT2D eigenvalue weighted by Crippen LogP contribution is -2.37. The summed E-state index contributed by atoms with van der Waals surface area (Å²) in [4.78, 5) is 25.1. The van der Waals surface area contributed by atoms with Crippen LogP contribution in [-0.2, 0) is 27.9 Å². The number of nitrogens with zero attached hydrogens (tertiary/aromatic N) is 1. The molecule has 0 aromatic heterocycles. The van der Waals surface area contributed by atoms with Gasteiger partial charge in [0, 0.05) is 13.0 Å². The number of phosphoric acid groups is 1. The van der Waals surface area contributed by atoms with Crippen LogP contribution in [0.15, 0.2) is 109 Å². The molecule has 372 valence electrons. The topological polar surface area (TPSA) is 94.1 Å². The van der Waals surface area contributed by atoms with Crippen LogP contribution in [0.2, 0.25) is 0 Å². The number of likely N-dealkylation sites (N-methyl/N-ethyl adjacent to an activating group) is 1. The normalized spacial score (nSPS) is 14.5. The van der Waals surface area contributed by atoms with Gasteiger partial charge in [-0.3, -0.25) is 9.36 Å². The summed E-state index contributed by atoms with van der Waals surface area (Å²) in [6, 6.07) is 0. The van der Waals surface area contributed by atoms with Crippen LogP contribution >= 0.6 is 7.82 Å². The number of carbonyl (C=O) groups excluding carboxylic acids is 1. The molecule has 0 radical (unpaired) electrons. The Morgan fingerprint density at radius 1 is 0.477 bits per heavy atom. The minimum Gasteiger partial charge on any atom is -0.756 e. The molecule has 2 atom stereocenters. The Balaban J connectivity index is 4.19. The van der Waals surface area contributed by atoms with Crippen molar-refractivity contribution in [3.8, 4) is 0 Å². The summed E-state index contributed by atoms with van der Waals surface area (Å²) < 4.78 is 34.7. The molecule has 0 aromatic rings. The van der Waals surface area contributed by atoms with Gasteiger partial charge < -0.3 is 27.9 Å². The zero-order chi connectivity index (χ0) is 47.6. The number of phosphoric ester groups is 1. The molecule has 0 saturated heterocycles. The molecule has 0 aliphatic rings. The van der Waals surface area contributed by atoms with Crippen LogP contribution < -0.4 is 4.89 Å². The first-order valence-corrected chi connectivity index (χ1v) is 27.1. The fourth-order valence-corrected chi connectivity index (χ4v) is 7.18. The highest BCUT2D eigenvalue weighted by Crippen LogP contribution is 2.38. The van der Waals surface area contributed by atoms with E-state index in [4.69, 9.17) is 18.5 Å². The van der Waals surface area contributed by atoms with E-state index in [1.807, 2.05) is 21.1 Å². The third kappa shape index (κ3) is 52.0. The van der Waals surface area contributed by atoms with Crippen molar-refractivity contribution in [2.75, 3.05) is 54.1 Å². The fourth-order valence-electron chi connectivity index (χ4n) is 6.46. The standard InChI is InChI=1S/C56H96NO7P/c1-6-8-10-12-14-16-18-20-22-24-25-26-27-28-29-30-31-32-34-36-38-40-42-44-46-48-51-61-53-55(54-63-65(59,60)62-52-50-57(3,4)5)64-56(58)49-47-45-43-41-39-37-35-33-23-21-19-17-15-13-11-9-7-2/h8-11,14-17,20-23,25-26,35,37,41,43,55H,6-7,12-13,18-19,24,27-34,36,38-40,42,44-54H2,1-5H3/b10-8-,11-9-,16-14-,17-15-,22-20-,23-21-,26-25-,37-35-,43-41-. The van der Waals surface area contributed by atoms with Gasteiger partial charge in [0.1, 0.15) is 19.3 Å². The molecule has 0 aromatic carbocycles. The molecule has 0 saturated carbocycles. The van der Waals surface area contributed by atoms with E-state index in [1.54, 1.807) is 0 Å². The number of unbranched alkanes of at least 4 members (excludes halogenated alkanes) is 14. The van der Waals surface area contributed by atoms with Crippen LogP contribution in [0.4, 0.5) is 0 Å². The van der Waals surface area contributed by atoms with E-state index in [-0.39, 0.29) is 26.2 Å². The number of esters is 1. The van der Waals surface area contributed by atoms with Gasteiger partial charge >= 0.3 is 5.97 Å². The van der Waals surface area contributed by atoms with Gasteiger partial charge in [0.25, 0.3) is 7.82 Å². The summed E-state index contributed by atoms with van der Waals surface area (Å²) in [6.45, 7) is 5.09. The third-order valence-electron chi connectivity index (χ3n) is 10.3. The Kier molecular flexibility index (Phi) is 45.6. The molecule has 0 rings (SSSR count). The molecule has 65 heavy (non-hydrogen) atoms. The molecule has 8 nitrogen and oxygen atoms in total. The van der Waals surface area contributed by atoms with E-state index >= 15 is 0 Å². The van der Waals surface area contributed by atoms with Gasteiger partial charge in [0.15, 0.2) is 0 Å². The first-order valence-electron chi connectivity index (χ1n) is 25.6. The fraction of sp³-hybridized carbons (Fsp3) is 0.661. The molecule has 0 aliphatic carbocycles. The van der Waals surface area contributed by atoms with E-state index in [0.717, 1.165) is 77.0 Å². The van der Waals surface area contributed by atoms with Crippen molar-refractivity contribution in [1.82, 2.24) is 0 Å². The second-order valence-corrected chi connectivity index (χ2v) is 19.2. The van der Waals surface area contributed by atoms with Gasteiger partial charge in [-0.15, -0.1) is 0 Å². The lowest BCUT2D eigenvalue weighted by atomic mass is 10.0. The molecule has 0 aliphatic heterocycles. The number of quaternary nitrogens is 1. The first-order chi connectivity index (χ1) is 31.6. The van der Waals surface area contributed by atoms with Crippen LogP contribution in [0.5, 0.6) is 0 Å². The average molecular weight is 926 g/mol. The highest BCUT2D eigenvalue weighted by atomic mass is 31.2. The van der Waals surface area contributed by atoms with Crippen molar-refractivity contribution in [3.05, 3.63) is 109 Å². The van der Waals surface area contributed by atoms with Gasteiger partial charge in [-0.2, -0.15) is 0 Å². The van der Waals surface area contributed by atoms with E-state index in [0.29, 0.717) is 24.1 Å². The predicted molar refractivity (Wildman–Crippen MR) is 277 cm³/mol. The van der Waals surface area contributed by atoms with Crippen LogP contribution in [0.3, 0.4) is 0 Å². The molecule has 0 N–H and O–H groups in total. The van der Waals surface area contributed by atoms with E-state index in [2.05, 4.69) is 123 Å². The zero-order valence-corrected chi connectivity index (χ0v) is 43.0. The summed E-state index contributed by atoms with van der Waals surface area (Å²) >= 11 is 0. The number of carbonyl (C=O) groups is 1.